The van der Waals surface area contributed by atoms with Gasteiger partial charge in [-0.25, -0.2) is 14.1 Å². The Balaban J connectivity index is 1.22. The van der Waals surface area contributed by atoms with Crippen molar-refractivity contribution in [3.05, 3.63) is 54.0 Å². The van der Waals surface area contributed by atoms with Crippen LogP contribution in [0.5, 0.6) is 5.75 Å². The first kappa shape index (κ1) is 31.9. The third kappa shape index (κ3) is 5.53. The normalized spacial score (nSPS) is 31.1. The van der Waals surface area contributed by atoms with Gasteiger partial charge < -0.3 is 29.9 Å². The molecule has 0 radical (unpaired) electrons. The molecule has 1 saturated heterocycles. The quantitative estimate of drug-likeness (QED) is 0.197. The monoisotopic (exact) mass is 643 g/mol. The molecule has 1 aromatic carbocycles. The molecule has 3 heterocycles. The zero-order valence-electron chi connectivity index (χ0n) is 26.6. The van der Waals surface area contributed by atoms with Gasteiger partial charge in [-0.1, -0.05) is 46.8 Å². The fourth-order valence-electron chi connectivity index (χ4n) is 6.43. The number of carbonyl (C=O) groups is 1. The van der Waals surface area contributed by atoms with E-state index >= 15 is 0 Å². The van der Waals surface area contributed by atoms with Crippen molar-refractivity contribution in [2.75, 3.05) is 5.73 Å². The maximum absolute atomic E-state index is 14.3. The van der Waals surface area contributed by atoms with Crippen molar-refractivity contribution >= 4 is 25.1 Å². The second kappa shape index (κ2) is 10.5. The number of aliphatic hydroxyl groups is 2. The summed E-state index contributed by atoms with van der Waals surface area (Å²) in [7, 11) is -4.38. The van der Waals surface area contributed by atoms with Gasteiger partial charge in [0.1, 0.15) is 53.7 Å². The molecule has 1 aliphatic heterocycles. The number of esters is 1. The molecule has 13 nitrogen and oxygen atoms in total. The van der Waals surface area contributed by atoms with Gasteiger partial charge in [0.15, 0.2) is 11.4 Å². The maximum Gasteiger partial charge on any atom is 0.459 e. The second-order valence-electron chi connectivity index (χ2n) is 14.5. The molecule has 5 N–H and O–H groups in total. The lowest BCUT2D eigenvalue weighted by molar-refractivity contribution is -0.161. The molecule has 3 aliphatic rings. The highest BCUT2D eigenvalue weighted by Gasteiger charge is 2.82. The lowest BCUT2D eigenvalue weighted by Crippen LogP contribution is -2.47. The molecule has 2 aromatic heterocycles. The minimum atomic E-state index is -4.38. The van der Waals surface area contributed by atoms with E-state index in [0.29, 0.717) is 11.2 Å². The minimum absolute atomic E-state index is 0.101. The summed E-state index contributed by atoms with van der Waals surface area (Å²) in [5, 5.41) is 30.0. The van der Waals surface area contributed by atoms with Gasteiger partial charge in [0.2, 0.25) is 0 Å². The molecule has 0 amide bonds. The molecule has 3 aromatic rings. The molecule has 0 spiro atoms. The Morgan fingerprint density at radius 2 is 1.84 bits per heavy atom. The molecule has 6 rings (SSSR count). The lowest BCUT2D eigenvalue weighted by Gasteiger charge is -2.42. The first-order valence-corrected chi connectivity index (χ1v) is 16.6. The van der Waals surface area contributed by atoms with Crippen LogP contribution in [0.4, 0.5) is 5.82 Å². The van der Waals surface area contributed by atoms with E-state index in [2.05, 4.69) is 49.8 Å². The van der Waals surface area contributed by atoms with Crippen LogP contribution in [-0.4, -0.2) is 66.8 Å². The highest BCUT2D eigenvalue weighted by Crippen LogP contribution is 2.63. The number of nitrogens with two attached hydrogens (primary N) is 1. The van der Waals surface area contributed by atoms with Gasteiger partial charge in [0.05, 0.1) is 5.69 Å². The number of aliphatic hydroxyl groups excluding tert-OH is 1. The van der Waals surface area contributed by atoms with E-state index in [1.54, 1.807) is 31.2 Å². The van der Waals surface area contributed by atoms with Crippen molar-refractivity contribution in [3.63, 3.8) is 0 Å². The minimum Gasteiger partial charge on any atom is -0.461 e. The van der Waals surface area contributed by atoms with Crippen LogP contribution in [0.25, 0.3) is 5.52 Å². The zero-order chi connectivity index (χ0) is 32.7. The first-order valence-electron chi connectivity index (χ1n) is 15.1. The molecule has 7 atom stereocenters. The van der Waals surface area contributed by atoms with E-state index in [1.807, 2.05) is 12.1 Å². The molecular formula is C31H42N5O8P. The maximum atomic E-state index is 14.3. The number of nitrogens with zero attached hydrogens (tertiary/aromatic N) is 3. The van der Waals surface area contributed by atoms with Crippen molar-refractivity contribution < 1.29 is 38.1 Å². The van der Waals surface area contributed by atoms with Crippen LogP contribution in [0, 0.1) is 5.41 Å². The van der Waals surface area contributed by atoms with Gasteiger partial charge in [0, 0.05) is 0 Å². The van der Waals surface area contributed by atoms with Crippen LogP contribution in [-0.2, 0) is 34.4 Å². The average molecular weight is 644 g/mol. The molecule has 2 unspecified atom stereocenters. The van der Waals surface area contributed by atoms with Crippen molar-refractivity contribution in [1.29, 1.82) is 0 Å². The Morgan fingerprint density at radius 1 is 1.18 bits per heavy atom. The molecule has 2 saturated carbocycles. The molecule has 0 bridgehead atoms. The van der Waals surface area contributed by atoms with Gasteiger partial charge in [-0.3, -0.25) is 9.32 Å². The van der Waals surface area contributed by atoms with E-state index < -0.39 is 49.3 Å². The Hall–Kier alpha value is -3.06. The van der Waals surface area contributed by atoms with Gasteiger partial charge in [-0.15, -0.1) is 0 Å². The van der Waals surface area contributed by atoms with E-state index in [4.69, 9.17) is 24.3 Å². The van der Waals surface area contributed by atoms with E-state index in [-0.39, 0.29) is 28.5 Å². The fourth-order valence-corrected chi connectivity index (χ4v) is 8.15. The van der Waals surface area contributed by atoms with Gasteiger partial charge in [0.25, 0.3) is 0 Å². The summed E-state index contributed by atoms with van der Waals surface area (Å²) in [5.74, 6) is -0.141. The number of benzene rings is 1. The number of nitrogens with one attached hydrogen (secondary N) is 1. The van der Waals surface area contributed by atoms with E-state index in [0.717, 1.165) is 18.4 Å². The van der Waals surface area contributed by atoms with Crippen LogP contribution in [0.2, 0.25) is 0 Å². The number of nitrogen functional groups attached to an aromatic ring is 1. The number of rotatable bonds is 9. The number of anilines is 1. The van der Waals surface area contributed by atoms with Crippen molar-refractivity contribution in [2.24, 2.45) is 5.41 Å². The summed E-state index contributed by atoms with van der Waals surface area (Å²) < 4.78 is 39.5. The predicted molar refractivity (Wildman–Crippen MR) is 164 cm³/mol. The Bertz CT molecular complexity index is 1660. The second-order valence-corrected chi connectivity index (χ2v) is 16.1. The molecule has 45 heavy (non-hydrogen) atoms. The van der Waals surface area contributed by atoms with E-state index in [1.165, 1.54) is 17.8 Å². The zero-order valence-corrected chi connectivity index (χ0v) is 27.4. The van der Waals surface area contributed by atoms with Gasteiger partial charge >= 0.3 is 13.7 Å². The molecule has 3 fully saturated rings. The first-order chi connectivity index (χ1) is 20.9. The summed E-state index contributed by atoms with van der Waals surface area (Å²) in [6.45, 7) is 13.5. The summed E-state index contributed by atoms with van der Waals surface area (Å²) in [6, 6.07) is 9.32. The van der Waals surface area contributed by atoms with Crippen LogP contribution in [0.1, 0.15) is 72.6 Å². The Labute approximate surface area is 262 Å². The molecule has 14 heteroatoms. The number of aromatic nitrogens is 3. The third-order valence-electron chi connectivity index (χ3n) is 9.15. The van der Waals surface area contributed by atoms with Crippen molar-refractivity contribution in [1.82, 2.24) is 19.7 Å². The van der Waals surface area contributed by atoms with Crippen molar-refractivity contribution in [3.8, 4) is 5.75 Å². The topological polar surface area (TPSA) is 180 Å². The predicted octanol–water partition coefficient (Wildman–Crippen LogP) is 3.61. The van der Waals surface area contributed by atoms with Crippen LogP contribution in [0.3, 0.4) is 0 Å². The SMILES string of the molecule is C[C@H](NP(=O)(Oc1ccc(C(C)(C)C)cc1)OC1[C@H]2O[C@@](C)(c3ccc4c(N)ncnn34)[C@H](O)[C@@]12O)C(=O)OC1CC(C)(C)C1. The summed E-state index contributed by atoms with van der Waals surface area (Å²) in [4.78, 5) is 16.9. The number of fused-ring (bicyclic) bond motifs is 2. The third-order valence-corrected chi connectivity index (χ3v) is 10.8. The number of carbonyl (C=O) groups excluding carboxylic acids is 1. The molecular weight excluding hydrogens is 601 g/mol. The highest BCUT2D eigenvalue weighted by atomic mass is 31.2. The Kier molecular flexibility index (Phi) is 7.43. The standard InChI is InChI=1S/C31H42N5O8P/c1-17(26(37)41-20-14-29(5,6)15-20)35-45(40,43-19-10-8-18(9-11-19)28(2,3)4)44-24-23-31(24,39)27(38)30(7,42-23)22-13-12-21-25(32)33-16-34-36(21)22/h8-13,16-17,20,23-24,27,38-39H,14-15H2,1-7H3,(H,35,40)(H2,32,33,34)/t17-,23+,24?,27-,30-,31-,45?/m0/s1. The largest absolute Gasteiger partial charge is 0.461 e. The Morgan fingerprint density at radius 3 is 2.42 bits per heavy atom. The fraction of sp³-hybridized carbons (Fsp3) is 0.581. The summed E-state index contributed by atoms with van der Waals surface area (Å²) >= 11 is 0. The smallest absolute Gasteiger partial charge is 0.459 e. The van der Waals surface area contributed by atoms with Gasteiger partial charge in [-0.2, -0.15) is 10.2 Å². The van der Waals surface area contributed by atoms with Crippen LogP contribution < -0.4 is 15.3 Å². The van der Waals surface area contributed by atoms with Crippen LogP contribution >= 0.6 is 7.75 Å². The van der Waals surface area contributed by atoms with Gasteiger partial charge in [-0.05, 0) is 67.3 Å². The summed E-state index contributed by atoms with van der Waals surface area (Å²) in [5.41, 5.74) is 4.58. The van der Waals surface area contributed by atoms with Crippen LogP contribution in [0.15, 0.2) is 42.7 Å². The summed E-state index contributed by atoms with van der Waals surface area (Å²) in [6.07, 6.45) is -1.30. The molecule has 2 aliphatic carbocycles. The highest BCUT2D eigenvalue weighted by molar-refractivity contribution is 7.52. The average Bonchev–Trinajstić information content (AvgIpc) is 3.21. The lowest BCUT2D eigenvalue weighted by atomic mass is 9.70. The van der Waals surface area contributed by atoms with E-state index in [9.17, 15) is 19.6 Å². The number of hydrogen-bond donors (Lipinski definition) is 4. The number of ether oxygens (including phenoxy) is 2. The molecule has 244 valence electrons. The van der Waals surface area contributed by atoms with Crippen molar-refractivity contribution in [2.45, 2.75) is 108 Å². The number of hydrogen-bond acceptors (Lipinski definition) is 11.